The third-order valence-corrected chi connectivity index (χ3v) is 2.91. The molecular weight excluding hydrogens is 240 g/mol. The minimum absolute atomic E-state index is 0.213. The van der Waals surface area contributed by atoms with Gasteiger partial charge in [-0.2, -0.15) is 5.10 Å². The molecule has 2 aromatic heterocycles. The van der Waals surface area contributed by atoms with Crippen LogP contribution in [0.4, 0.5) is 0 Å². The van der Waals surface area contributed by atoms with Crippen molar-refractivity contribution in [1.82, 2.24) is 15.2 Å². The van der Waals surface area contributed by atoms with Crippen molar-refractivity contribution >= 4 is 11.6 Å². The number of hydrazine groups is 1. The van der Waals surface area contributed by atoms with Gasteiger partial charge in [0.05, 0.1) is 18.0 Å². The van der Waals surface area contributed by atoms with E-state index in [1.807, 2.05) is 10.7 Å². The predicted molar refractivity (Wildman–Crippen MR) is 65.4 cm³/mol. The summed E-state index contributed by atoms with van der Waals surface area (Å²) in [6.07, 6.45) is 4.30. The van der Waals surface area contributed by atoms with Crippen LogP contribution in [0.5, 0.6) is 0 Å². The summed E-state index contributed by atoms with van der Waals surface area (Å²) in [4.78, 5) is 0. The van der Waals surface area contributed by atoms with Crippen LogP contribution < -0.4 is 11.3 Å². The highest BCUT2D eigenvalue weighted by molar-refractivity contribution is 6.29. The lowest BCUT2D eigenvalue weighted by Crippen LogP contribution is -2.30. The molecule has 0 amide bonds. The Morgan fingerprint density at radius 3 is 3.00 bits per heavy atom. The van der Waals surface area contributed by atoms with E-state index >= 15 is 0 Å². The molecule has 0 radical (unpaired) electrons. The van der Waals surface area contributed by atoms with Gasteiger partial charge in [-0.15, -0.1) is 0 Å². The van der Waals surface area contributed by atoms with E-state index in [4.69, 9.17) is 21.9 Å². The second-order valence-electron chi connectivity index (χ2n) is 3.73. The molecule has 0 aliphatic carbocycles. The number of hydrogen-bond acceptors (Lipinski definition) is 4. The van der Waals surface area contributed by atoms with Crippen LogP contribution in [-0.2, 0) is 6.54 Å². The Balaban J connectivity index is 2.35. The molecule has 3 N–H and O–H groups in total. The summed E-state index contributed by atoms with van der Waals surface area (Å²) in [5, 5.41) is 4.61. The van der Waals surface area contributed by atoms with Gasteiger partial charge in [0.15, 0.2) is 5.22 Å². The van der Waals surface area contributed by atoms with Gasteiger partial charge in [-0.25, -0.2) is 5.43 Å². The summed E-state index contributed by atoms with van der Waals surface area (Å²) in [6.45, 7) is 2.94. The molecule has 0 aliphatic rings. The molecule has 0 saturated heterocycles. The van der Waals surface area contributed by atoms with Crippen molar-refractivity contribution in [3.05, 3.63) is 41.1 Å². The van der Waals surface area contributed by atoms with Gasteiger partial charge < -0.3 is 4.42 Å². The lowest BCUT2D eigenvalue weighted by molar-refractivity contribution is 0.512. The molecule has 2 aromatic rings. The molecule has 0 saturated carbocycles. The van der Waals surface area contributed by atoms with Crippen molar-refractivity contribution in [2.75, 3.05) is 0 Å². The second-order valence-corrected chi connectivity index (χ2v) is 4.07. The summed E-state index contributed by atoms with van der Waals surface area (Å²) in [5.74, 6) is 5.60. The maximum atomic E-state index is 5.97. The van der Waals surface area contributed by atoms with E-state index in [0.29, 0.717) is 5.22 Å². The quantitative estimate of drug-likeness (QED) is 0.633. The number of rotatable bonds is 5. The van der Waals surface area contributed by atoms with Crippen molar-refractivity contribution in [2.24, 2.45) is 5.84 Å². The monoisotopic (exact) mass is 254 g/mol. The number of aromatic nitrogens is 2. The van der Waals surface area contributed by atoms with Crippen LogP contribution >= 0.6 is 11.6 Å². The zero-order valence-electron chi connectivity index (χ0n) is 9.56. The number of aryl methyl sites for hydroxylation is 1. The molecule has 0 aromatic carbocycles. The first-order valence-corrected chi connectivity index (χ1v) is 5.86. The first-order valence-electron chi connectivity index (χ1n) is 5.48. The van der Waals surface area contributed by atoms with E-state index in [2.05, 4.69) is 17.4 Å². The Bertz CT molecular complexity index is 479. The zero-order chi connectivity index (χ0) is 12.3. The van der Waals surface area contributed by atoms with Gasteiger partial charge in [0.2, 0.25) is 0 Å². The van der Waals surface area contributed by atoms with Gasteiger partial charge in [-0.05, 0) is 30.2 Å². The Morgan fingerprint density at radius 1 is 1.59 bits per heavy atom. The Hall–Kier alpha value is -1.30. The third-order valence-electron chi connectivity index (χ3n) is 2.60. The fourth-order valence-corrected chi connectivity index (χ4v) is 2.06. The Labute approximate surface area is 105 Å². The molecular formula is C11H15ClN4O. The lowest BCUT2D eigenvalue weighted by Gasteiger charge is -2.16. The van der Waals surface area contributed by atoms with Gasteiger partial charge in [0.25, 0.3) is 0 Å². The van der Waals surface area contributed by atoms with Crippen LogP contribution in [0.1, 0.15) is 30.6 Å². The molecule has 0 spiro atoms. The third kappa shape index (κ3) is 2.36. The summed E-state index contributed by atoms with van der Waals surface area (Å²) >= 11 is 5.97. The maximum Gasteiger partial charge on any atom is 0.198 e. The first-order chi connectivity index (χ1) is 8.27. The van der Waals surface area contributed by atoms with Gasteiger partial charge in [0, 0.05) is 18.3 Å². The van der Waals surface area contributed by atoms with Crippen LogP contribution in [0.15, 0.2) is 29.0 Å². The predicted octanol–water partition coefficient (Wildman–Crippen LogP) is 2.09. The molecule has 0 fully saturated rings. The topological polar surface area (TPSA) is 69.0 Å². The molecule has 17 heavy (non-hydrogen) atoms. The minimum atomic E-state index is -0.213. The number of nitrogens with one attached hydrogen (secondary N) is 1. The van der Waals surface area contributed by atoms with Crippen LogP contribution in [0.2, 0.25) is 5.22 Å². The van der Waals surface area contributed by atoms with Crippen LogP contribution in [-0.4, -0.2) is 9.78 Å². The van der Waals surface area contributed by atoms with Crippen molar-refractivity contribution in [3.63, 3.8) is 0 Å². The summed E-state index contributed by atoms with van der Waals surface area (Å²) in [5.41, 5.74) is 4.52. The molecule has 0 bridgehead atoms. The average molecular weight is 255 g/mol. The van der Waals surface area contributed by atoms with Crippen LogP contribution in [0.3, 0.4) is 0 Å². The van der Waals surface area contributed by atoms with Gasteiger partial charge in [-0.3, -0.25) is 10.5 Å². The standard InChI is InChI=1S/C11H15ClN4O/c1-2-6-16-9(3-5-14-16)10(15-13)8-4-7-17-11(8)12/h3-5,7,10,15H,2,6,13H2,1H3. The molecule has 6 heteroatoms. The van der Waals surface area contributed by atoms with Gasteiger partial charge in [0.1, 0.15) is 0 Å². The first kappa shape index (κ1) is 12.2. The molecule has 0 aliphatic heterocycles. The van der Waals surface area contributed by atoms with Crippen molar-refractivity contribution in [3.8, 4) is 0 Å². The second kappa shape index (κ2) is 5.35. The Kier molecular flexibility index (Phi) is 3.83. The smallest absolute Gasteiger partial charge is 0.198 e. The van der Waals surface area contributed by atoms with Gasteiger partial charge in [-0.1, -0.05) is 6.92 Å². The van der Waals surface area contributed by atoms with E-state index in [0.717, 1.165) is 24.2 Å². The molecule has 2 rings (SSSR count). The zero-order valence-corrected chi connectivity index (χ0v) is 10.3. The van der Waals surface area contributed by atoms with Crippen molar-refractivity contribution in [2.45, 2.75) is 25.9 Å². The van der Waals surface area contributed by atoms with Crippen molar-refractivity contribution in [1.29, 1.82) is 0 Å². The average Bonchev–Trinajstić information content (AvgIpc) is 2.92. The summed E-state index contributed by atoms with van der Waals surface area (Å²) in [7, 11) is 0. The fourth-order valence-electron chi connectivity index (χ4n) is 1.83. The number of nitrogens with two attached hydrogens (primary N) is 1. The van der Waals surface area contributed by atoms with E-state index in [-0.39, 0.29) is 6.04 Å². The van der Waals surface area contributed by atoms with Crippen molar-refractivity contribution < 1.29 is 4.42 Å². The Morgan fingerprint density at radius 2 is 2.41 bits per heavy atom. The summed E-state index contributed by atoms with van der Waals surface area (Å²) < 4.78 is 7.00. The molecule has 1 atom stereocenters. The van der Waals surface area contributed by atoms with Crippen LogP contribution in [0.25, 0.3) is 0 Å². The lowest BCUT2D eigenvalue weighted by atomic mass is 10.1. The highest BCUT2D eigenvalue weighted by atomic mass is 35.5. The molecule has 2 heterocycles. The number of nitrogens with zero attached hydrogens (tertiary/aromatic N) is 2. The molecule has 5 nitrogen and oxygen atoms in total. The number of halogens is 1. The fraction of sp³-hybridized carbons (Fsp3) is 0.364. The highest BCUT2D eigenvalue weighted by Gasteiger charge is 2.21. The van der Waals surface area contributed by atoms with Crippen LogP contribution in [0, 0.1) is 0 Å². The normalized spacial score (nSPS) is 12.9. The molecule has 92 valence electrons. The number of furan rings is 1. The highest BCUT2D eigenvalue weighted by Crippen LogP contribution is 2.28. The summed E-state index contributed by atoms with van der Waals surface area (Å²) in [6, 6.07) is 3.51. The minimum Gasteiger partial charge on any atom is -0.453 e. The number of hydrogen-bond donors (Lipinski definition) is 2. The van der Waals surface area contributed by atoms with Gasteiger partial charge >= 0.3 is 0 Å². The maximum absolute atomic E-state index is 5.97. The largest absolute Gasteiger partial charge is 0.453 e. The van der Waals surface area contributed by atoms with E-state index in [1.165, 1.54) is 0 Å². The van der Waals surface area contributed by atoms with E-state index < -0.39 is 0 Å². The van der Waals surface area contributed by atoms with E-state index in [9.17, 15) is 0 Å². The van der Waals surface area contributed by atoms with E-state index in [1.54, 1.807) is 18.5 Å². The SMILES string of the molecule is CCCn1nccc1C(NN)c1ccoc1Cl. The molecule has 1 unspecified atom stereocenters.